The van der Waals surface area contributed by atoms with Gasteiger partial charge in [0.05, 0.1) is 23.7 Å². The van der Waals surface area contributed by atoms with E-state index in [0.29, 0.717) is 16.2 Å². The summed E-state index contributed by atoms with van der Waals surface area (Å²) in [6.07, 6.45) is 0. The maximum atomic E-state index is 14.0. The number of methoxy groups -OCH3 is 1. The Morgan fingerprint density at radius 1 is 0.900 bits per heavy atom. The lowest BCUT2D eigenvalue weighted by Crippen LogP contribution is -2.43. The molecule has 0 aliphatic heterocycles. The molecule has 1 aromatic heterocycles. The summed E-state index contributed by atoms with van der Waals surface area (Å²) < 4.78 is 34.7. The molecule has 1 heterocycles. The van der Waals surface area contributed by atoms with Crippen LogP contribution in [0.15, 0.2) is 76.3 Å². The first-order valence-corrected chi connectivity index (χ1v) is 8.98. The number of ether oxygens (including phenoxy) is 1. The van der Waals surface area contributed by atoms with Crippen molar-refractivity contribution in [1.82, 2.24) is 9.30 Å². The van der Waals surface area contributed by atoms with Crippen LogP contribution in [-0.4, -0.2) is 16.4 Å². The molecule has 0 spiro atoms. The third-order valence-electron chi connectivity index (χ3n) is 4.57. The predicted molar refractivity (Wildman–Crippen MR) is 107 cm³/mol. The van der Waals surface area contributed by atoms with Gasteiger partial charge in [-0.15, -0.1) is 0 Å². The summed E-state index contributed by atoms with van der Waals surface area (Å²) >= 11 is 0. The van der Waals surface area contributed by atoms with Crippen molar-refractivity contribution >= 4 is 10.9 Å². The minimum atomic E-state index is -1.20. The van der Waals surface area contributed by atoms with Crippen LogP contribution >= 0.6 is 0 Å². The van der Waals surface area contributed by atoms with Crippen LogP contribution in [0.3, 0.4) is 0 Å². The highest BCUT2D eigenvalue weighted by Gasteiger charge is 2.19. The number of benzene rings is 3. The molecule has 0 saturated heterocycles. The van der Waals surface area contributed by atoms with Gasteiger partial charge in [-0.25, -0.2) is 13.6 Å². The van der Waals surface area contributed by atoms with Crippen LogP contribution in [0.1, 0.15) is 5.56 Å². The van der Waals surface area contributed by atoms with Crippen molar-refractivity contribution in [3.8, 4) is 11.4 Å². The van der Waals surface area contributed by atoms with Crippen molar-refractivity contribution < 1.29 is 18.4 Å². The lowest BCUT2D eigenvalue weighted by molar-refractivity contribution is 0.0789. The van der Waals surface area contributed by atoms with Crippen LogP contribution in [0, 0.1) is 11.6 Å². The SMILES string of the molecule is COc1cccc(-n2c(=O)n(OCc3ccccc3)c(=O)c3cc(F)c(F)cc32)c1. The van der Waals surface area contributed by atoms with Crippen LogP contribution in [0.5, 0.6) is 5.75 Å². The zero-order valence-electron chi connectivity index (χ0n) is 15.8. The average Bonchev–Trinajstić information content (AvgIpc) is 2.76. The van der Waals surface area contributed by atoms with Gasteiger partial charge in [-0.3, -0.25) is 9.36 Å². The van der Waals surface area contributed by atoms with Gasteiger partial charge < -0.3 is 9.57 Å². The highest BCUT2D eigenvalue weighted by molar-refractivity contribution is 5.80. The average molecular weight is 410 g/mol. The Morgan fingerprint density at radius 2 is 1.63 bits per heavy atom. The molecule has 0 amide bonds. The van der Waals surface area contributed by atoms with Crippen molar-refractivity contribution in [1.29, 1.82) is 0 Å². The second kappa shape index (κ2) is 7.82. The smallest absolute Gasteiger partial charge is 0.369 e. The molecule has 0 aliphatic carbocycles. The van der Waals surface area contributed by atoms with Gasteiger partial charge in [0.25, 0.3) is 5.56 Å². The van der Waals surface area contributed by atoms with Gasteiger partial charge in [0.15, 0.2) is 11.6 Å². The summed E-state index contributed by atoms with van der Waals surface area (Å²) in [4.78, 5) is 31.5. The van der Waals surface area contributed by atoms with Crippen LogP contribution in [-0.2, 0) is 6.61 Å². The van der Waals surface area contributed by atoms with E-state index in [4.69, 9.17) is 9.57 Å². The summed E-state index contributed by atoms with van der Waals surface area (Å²) in [7, 11) is 1.46. The van der Waals surface area contributed by atoms with Crippen molar-refractivity contribution in [3.63, 3.8) is 0 Å². The number of aromatic nitrogens is 2. The first-order valence-electron chi connectivity index (χ1n) is 8.98. The van der Waals surface area contributed by atoms with Crippen molar-refractivity contribution in [2.24, 2.45) is 0 Å². The quantitative estimate of drug-likeness (QED) is 0.507. The lowest BCUT2D eigenvalue weighted by Gasteiger charge is -2.15. The number of halogens is 2. The molecule has 0 fully saturated rings. The molecule has 0 radical (unpaired) electrons. The fourth-order valence-electron chi connectivity index (χ4n) is 3.11. The fourth-order valence-corrected chi connectivity index (χ4v) is 3.11. The number of fused-ring (bicyclic) bond motifs is 1. The van der Waals surface area contributed by atoms with Gasteiger partial charge in [0, 0.05) is 12.1 Å². The molecule has 152 valence electrons. The monoisotopic (exact) mass is 410 g/mol. The van der Waals surface area contributed by atoms with E-state index in [0.717, 1.165) is 22.3 Å². The van der Waals surface area contributed by atoms with E-state index in [1.54, 1.807) is 42.5 Å². The Morgan fingerprint density at radius 3 is 2.37 bits per heavy atom. The summed E-state index contributed by atoms with van der Waals surface area (Å²) in [5.41, 5.74) is -0.807. The van der Waals surface area contributed by atoms with Crippen LogP contribution in [0.2, 0.25) is 0 Å². The van der Waals surface area contributed by atoms with Crippen molar-refractivity contribution in [2.45, 2.75) is 6.61 Å². The topological polar surface area (TPSA) is 62.5 Å². The first kappa shape index (κ1) is 19.4. The lowest BCUT2D eigenvalue weighted by atomic mass is 10.2. The summed E-state index contributed by atoms with van der Waals surface area (Å²) in [5, 5.41) is -0.204. The molecule has 0 aliphatic rings. The fraction of sp³-hybridized carbons (Fsp3) is 0.0909. The van der Waals surface area contributed by atoms with E-state index < -0.39 is 22.9 Å². The number of nitrogens with zero attached hydrogens (tertiary/aromatic N) is 2. The molecule has 0 atom stereocenters. The standard InChI is InChI=1S/C22H16F2N2O4/c1-29-16-9-5-8-15(10-16)25-20-12-19(24)18(23)11-17(20)21(27)26(22(25)28)30-13-14-6-3-2-4-7-14/h2-12H,13H2,1H3. The van der Waals surface area contributed by atoms with E-state index in [-0.39, 0.29) is 17.5 Å². The van der Waals surface area contributed by atoms with Gasteiger partial charge >= 0.3 is 5.69 Å². The summed E-state index contributed by atoms with van der Waals surface area (Å²) in [6.45, 7) is -0.0662. The molecule has 3 aromatic carbocycles. The Hall–Kier alpha value is -3.94. The highest BCUT2D eigenvalue weighted by atomic mass is 19.2. The summed E-state index contributed by atoms with van der Waals surface area (Å²) in [5.74, 6) is -1.94. The molecule has 0 bridgehead atoms. The van der Waals surface area contributed by atoms with E-state index >= 15 is 0 Å². The highest BCUT2D eigenvalue weighted by Crippen LogP contribution is 2.20. The third kappa shape index (κ3) is 3.43. The molecule has 30 heavy (non-hydrogen) atoms. The van der Waals surface area contributed by atoms with E-state index in [1.165, 1.54) is 13.2 Å². The molecular weight excluding hydrogens is 394 g/mol. The minimum Gasteiger partial charge on any atom is -0.497 e. The zero-order valence-corrected chi connectivity index (χ0v) is 15.8. The van der Waals surface area contributed by atoms with Crippen molar-refractivity contribution in [3.05, 3.63) is 105 Å². The Bertz CT molecular complexity index is 1350. The molecule has 4 rings (SSSR count). The molecule has 4 aromatic rings. The minimum absolute atomic E-state index is 0.0662. The van der Waals surface area contributed by atoms with Crippen molar-refractivity contribution in [2.75, 3.05) is 7.11 Å². The predicted octanol–water partition coefficient (Wildman–Crippen LogP) is 3.07. The van der Waals surface area contributed by atoms with Gasteiger partial charge in [0.2, 0.25) is 0 Å². The molecular formula is C22H16F2N2O4. The number of hydrogen-bond acceptors (Lipinski definition) is 4. The van der Waals surface area contributed by atoms with E-state index in [9.17, 15) is 18.4 Å². The Balaban J connectivity index is 1.97. The second-order valence-corrected chi connectivity index (χ2v) is 6.46. The van der Waals surface area contributed by atoms with Crippen LogP contribution in [0.4, 0.5) is 8.78 Å². The maximum Gasteiger partial charge on any atom is 0.369 e. The van der Waals surface area contributed by atoms with Gasteiger partial charge in [-0.05, 0) is 23.8 Å². The normalized spacial score (nSPS) is 10.9. The van der Waals surface area contributed by atoms with Gasteiger partial charge in [-0.1, -0.05) is 41.1 Å². The second-order valence-electron chi connectivity index (χ2n) is 6.46. The van der Waals surface area contributed by atoms with Gasteiger partial charge in [0.1, 0.15) is 12.4 Å². The number of rotatable bonds is 5. The molecule has 0 saturated carbocycles. The van der Waals surface area contributed by atoms with Gasteiger partial charge in [-0.2, -0.15) is 0 Å². The summed E-state index contributed by atoms with van der Waals surface area (Å²) in [6, 6.07) is 16.9. The molecule has 0 unspecified atom stereocenters. The van der Waals surface area contributed by atoms with E-state index in [1.807, 2.05) is 6.07 Å². The zero-order chi connectivity index (χ0) is 21.3. The molecule has 0 N–H and O–H groups in total. The molecule has 6 nitrogen and oxygen atoms in total. The molecule has 8 heteroatoms. The van der Waals surface area contributed by atoms with Crippen LogP contribution in [0.25, 0.3) is 16.6 Å². The Labute approximate surface area is 169 Å². The van der Waals surface area contributed by atoms with Crippen LogP contribution < -0.4 is 20.8 Å². The van der Waals surface area contributed by atoms with E-state index in [2.05, 4.69) is 0 Å². The number of hydrogen-bond donors (Lipinski definition) is 0. The first-order chi connectivity index (χ1) is 14.5. The third-order valence-corrected chi connectivity index (χ3v) is 4.57. The maximum absolute atomic E-state index is 14.0. The largest absolute Gasteiger partial charge is 0.497 e. The Kier molecular flexibility index (Phi) is 5.05.